The van der Waals surface area contributed by atoms with E-state index in [0.717, 1.165) is 29.2 Å². The first-order chi connectivity index (χ1) is 10.1. The van der Waals surface area contributed by atoms with E-state index >= 15 is 0 Å². The fraction of sp³-hybridized carbons (Fsp3) is 0.412. The lowest BCUT2D eigenvalue weighted by molar-refractivity contribution is 0.434. The third kappa shape index (κ3) is 4.80. The van der Waals surface area contributed by atoms with Gasteiger partial charge in [-0.2, -0.15) is 0 Å². The average molecular weight is 326 g/mol. The van der Waals surface area contributed by atoms with Gasteiger partial charge in [0, 0.05) is 17.0 Å². The minimum absolute atomic E-state index is 0.189. The molecular weight excluding hydrogens is 305 g/mol. The summed E-state index contributed by atoms with van der Waals surface area (Å²) in [4.78, 5) is 1.23. The molecule has 2 rings (SSSR count). The molecule has 0 saturated carbocycles. The lowest BCUT2D eigenvalue weighted by Crippen LogP contribution is -2.24. The van der Waals surface area contributed by atoms with Crippen LogP contribution in [0.4, 0.5) is 4.39 Å². The van der Waals surface area contributed by atoms with Crippen LogP contribution in [0.1, 0.15) is 55.6 Å². The molecule has 114 valence electrons. The summed E-state index contributed by atoms with van der Waals surface area (Å²) >= 11 is 7.61. The van der Waals surface area contributed by atoms with E-state index in [2.05, 4.69) is 25.2 Å². The zero-order valence-corrected chi connectivity index (χ0v) is 14.0. The van der Waals surface area contributed by atoms with E-state index in [0.29, 0.717) is 0 Å². The molecule has 1 aromatic carbocycles. The van der Waals surface area contributed by atoms with E-state index in [1.54, 1.807) is 11.3 Å². The summed E-state index contributed by atoms with van der Waals surface area (Å²) < 4.78 is 13.9. The highest BCUT2D eigenvalue weighted by atomic mass is 35.5. The van der Waals surface area contributed by atoms with Crippen molar-refractivity contribution in [2.75, 3.05) is 0 Å². The number of rotatable bonds is 7. The van der Waals surface area contributed by atoms with Crippen molar-refractivity contribution in [1.29, 1.82) is 0 Å². The molecule has 1 N–H and O–H groups in total. The normalized spacial score (nSPS) is 14.1. The molecule has 0 aliphatic heterocycles. The maximum absolute atomic E-state index is 13.1. The molecule has 2 atom stereocenters. The monoisotopic (exact) mass is 325 g/mol. The number of hydrogen-bond donors (Lipinski definition) is 1. The quantitative estimate of drug-likeness (QED) is 0.646. The molecule has 0 radical (unpaired) electrons. The molecule has 4 heteroatoms. The maximum atomic E-state index is 13.1. The van der Waals surface area contributed by atoms with Crippen LogP contribution >= 0.6 is 22.9 Å². The van der Waals surface area contributed by atoms with Crippen LogP contribution < -0.4 is 5.32 Å². The Kier molecular flexibility index (Phi) is 6.22. The summed E-state index contributed by atoms with van der Waals surface area (Å²) in [5.41, 5.74) is 1.14. The molecular formula is C17H21ClFNS. The maximum Gasteiger partial charge on any atom is 0.123 e. The number of thiophene rings is 1. The third-order valence-electron chi connectivity index (χ3n) is 3.59. The van der Waals surface area contributed by atoms with Crippen molar-refractivity contribution < 1.29 is 4.39 Å². The minimum atomic E-state index is -0.189. The van der Waals surface area contributed by atoms with Crippen LogP contribution in [0.25, 0.3) is 0 Å². The van der Waals surface area contributed by atoms with Crippen LogP contribution in [-0.4, -0.2) is 0 Å². The van der Waals surface area contributed by atoms with E-state index < -0.39 is 0 Å². The van der Waals surface area contributed by atoms with Gasteiger partial charge in [-0.25, -0.2) is 4.39 Å². The Balaban J connectivity index is 2.10. The van der Waals surface area contributed by atoms with Crippen molar-refractivity contribution in [3.63, 3.8) is 0 Å². The van der Waals surface area contributed by atoms with Gasteiger partial charge in [-0.05, 0) is 43.2 Å². The van der Waals surface area contributed by atoms with E-state index in [9.17, 15) is 4.39 Å². The van der Waals surface area contributed by atoms with Gasteiger partial charge in [-0.3, -0.25) is 0 Å². The smallest absolute Gasteiger partial charge is 0.123 e. The molecule has 0 saturated heterocycles. The van der Waals surface area contributed by atoms with Gasteiger partial charge < -0.3 is 5.32 Å². The Bertz CT molecular complexity index is 552. The molecule has 0 bridgehead atoms. The molecule has 1 heterocycles. The standard InChI is InChI=1S/C17H21ClFNS/c1-3-4-5-15(13-6-8-14(19)9-7-13)20-12(2)16-10-11-17(18)21-16/h6-12,15,20H,3-5H2,1-2H3. The first kappa shape index (κ1) is 16.5. The molecule has 0 amide bonds. The Morgan fingerprint density at radius 2 is 1.90 bits per heavy atom. The predicted octanol–water partition coefficient (Wildman–Crippen LogP) is 6.12. The summed E-state index contributed by atoms with van der Waals surface area (Å²) in [5, 5.41) is 3.65. The highest BCUT2D eigenvalue weighted by Gasteiger charge is 2.16. The molecule has 0 fully saturated rings. The van der Waals surface area contributed by atoms with Gasteiger partial charge in [0.15, 0.2) is 0 Å². The molecule has 0 spiro atoms. The van der Waals surface area contributed by atoms with Crippen LogP contribution in [0.15, 0.2) is 36.4 Å². The molecule has 2 unspecified atom stereocenters. The van der Waals surface area contributed by atoms with Crippen molar-refractivity contribution in [3.05, 3.63) is 57.0 Å². The second kappa shape index (κ2) is 7.92. The number of nitrogens with one attached hydrogen (secondary N) is 1. The van der Waals surface area contributed by atoms with E-state index in [1.807, 2.05) is 18.2 Å². The number of halogens is 2. The van der Waals surface area contributed by atoms with Gasteiger partial charge in [0.05, 0.1) is 4.34 Å². The molecule has 21 heavy (non-hydrogen) atoms. The lowest BCUT2D eigenvalue weighted by Gasteiger charge is -2.23. The van der Waals surface area contributed by atoms with E-state index in [4.69, 9.17) is 11.6 Å². The molecule has 1 aromatic heterocycles. The first-order valence-electron chi connectivity index (χ1n) is 7.37. The highest BCUT2D eigenvalue weighted by molar-refractivity contribution is 7.16. The van der Waals surface area contributed by atoms with Crippen molar-refractivity contribution >= 4 is 22.9 Å². The van der Waals surface area contributed by atoms with Crippen LogP contribution in [0.5, 0.6) is 0 Å². The molecule has 1 nitrogen and oxygen atoms in total. The van der Waals surface area contributed by atoms with Gasteiger partial charge in [-0.15, -0.1) is 11.3 Å². The largest absolute Gasteiger partial charge is 0.303 e. The van der Waals surface area contributed by atoms with Gasteiger partial charge in [0.25, 0.3) is 0 Å². The Morgan fingerprint density at radius 3 is 2.48 bits per heavy atom. The zero-order chi connectivity index (χ0) is 15.2. The third-order valence-corrected chi connectivity index (χ3v) is 5.00. The van der Waals surface area contributed by atoms with Gasteiger partial charge >= 0.3 is 0 Å². The fourth-order valence-electron chi connectivity index (χ4n) is 2.39. The number of unbranched alkanes of at least 4 members (excludes halogenated alkanes) is 1. The Hall–Kier alpha value is -0.900. The summed E-state index contributed by atoms with van der Waals surface area (Å²) in [6, 6.07) is 11.3. The summed E-state index contributed by atoms with van der Waals surface area (Å²) in [5.74, 6) is -0.189. The van der Waals surface area contributed by atoms with Crippen molar-refractivity contribution in [3.8, 4) is 0 Å². The van der Waals surface area contributed by atoms with Crippen LogP contribution in [-0.2, 0) is 0 Å². The number of benzene rings is 1. The van der Waals surface area contributed by atoms with E-state index in [1.165, 1.54) is 17.0 Å². The predicted molar refractivity (Wildman–Crippen MR) is 89.5 cm³/mol. The van der Waals surface area contributed by atoms with E-state index in [-0.39, 0.29) is 17.9 Å². The van der Waals surface area contributed by atoms with Crippen LogP contribution in [0.3, 0.4) is 0 Å². The van der Waals surface area contributed by atoms with Crippen LogP contribution in [0.2, 0.25) is 4.34 Å². The van der Waals surface area contributed by atoms with Gasteiger partial charge in [-0.1, -0.05) is 43.5 Å². The van der Waals surface area contributed by atoms with Crippen molar-refractivity contribution in [1.82, 2.24) is 5.32 Å². The minimum Gasteiger partial charge on any atom is -0.303 e. The zero-order valence-electron chi connectivity index (χ0n) is 12.4. The lowest BCUT2D eigenvalue weighted by atomic mass is 10.00. The topological polar surface area (TPSA) is 12.0 Å². The Morgan fingerprint density at radius 1 is 1.19 bits per heavy atom. The average Bonchev–Trinajstić information content (AvgIpc) is 2.91. The molecule has 0 aliphatic rings. The van der Waals surface area contributed by atoms with Gasteiger partial charge in [0.2, 0.25) is 0 Å². The number of hydrogen-bond acceptors (Lipinski definition) is 2. The molecule has 0 aliphatic carbocycles. The summed E-state index contributed by atoms with van der Waals surface area (Å²) in [6.45, 7) is 4.33. The molecule has 2 aromatic rings. The second-order valence-electron chi connectivity index (χ2n) is 5.28. The SMILES string of the molecule is CCCCC(NC(C)c1ccc(Cl)s1)c1ccc(F)cc1. The van der Waals surface area contributed by atoms with Crippen molar-refractivity contribution in [2.24, 2.45) is 0 Å². The highest BCUT2D eigenvalue weighted by Crippen LogP contribution is 2.30. The first-order valence-corrected chi connectivity index (χ1v) is 8.56. The fourth-order valence-corrected chi connectivity index (χ4v) is 3.47. The Labute approximate surface area is 135 Å². The van der Waals surface area contributed by atoms with Crippen molar-refractivity contribution in [2.45, 2.75) is 45.2 Å². The summed E-state index contributed by atoms with van der Waals surface area (Å²) in [6.07, 6.45) is 3.34. The van der Waals surface area contributed by atoms with Gasteiger partial charge in [0.1, 0.15) is 5.82 Å². The van der Waals surface area contributed by atoms with Crippen LogP contribution in [0, 0.1) is 5.82 Å². The second-order valence-corrected chi connectivity index (χ2v) is 7.02. The summed E-state index contributed by atoms with van der Waals surface area (Å²) in [7, 11) is 0.